The van der Waals surface area contributed by atoms with E-state index in [0.717, 1.165) is 5.56 Å². The number of rotatable bonds is 11. The summed E-state index contributed by atoms with van der Waals surface area (Å²) in [5.41, 5.74) is 2.31. The molecule has 1 aliphatic heterocycles. The molecule has 3 aromatic carbocycles. The molecule has 0 saturated carbocycles. The summed E-state index contributed by atoms with van der Waals surface area (Å²) in [5, 5.41) is 12.7. The second-order valence-corrected chi connectivity index (χ2v) is 14.0. The topological polar surface area (TPSA) is 113 Å². The fourth-order valence-electron chi connectivity index (χ4n) is 5.25. The molecular formula is C33H37ClN2O6S. The van der Waals surface area contributed by atoms with Gasteiger partial charge in [-0.15, -0.1) is 0 Å². The van der Waals surface area contributed by atoms with Gasteiger partial charge in [-0.2, -0.15) is 4.31 Å². The first kappa shape index (κ1) is 32.4. The Morgan fingerprint density at radius 1 is 1.00 bits per heavy atom. The lowest BCUT2D eigenvalue weighted by atomic mass is 9.87. The van der Waals surface area contributed by atoms with Crippen LogP contribution in [0.25, 0.3) is 0 Å². The summed E-state index contributed by atoms with van der Waals surface area (Å²) in [7, 11) is -3.99. The Hall–Kier alpha value is -3.50. The number of nitrogens with one attached hydrogen (secondary N) is 1. The molecule has 43 heavy (non-hydrogen) atoms. The Morgan fingerprint density at radius 2 is 1.63 bits per heavy atom. The van der Waals surface area contributed by atoms with Crippen LogP contribution in [0, 0.1) is 12.3 Å². The zero-order chi connectivity index (χ0) is 31.4. The van der Waals surface area contributed by atoms with Gasteiger partial charge in [0, 0.05) is 17.5 Å². The van der Waals surface area contributed by atoms with Gasteiger partial charge in [-0.25, -0.2) is 13.2 Å². The summed E-state index contributed by atoms with van der Waals surface area (Å²) in [6.07, 6.45) is 2.03. The van der Waals surface area contributed by atoms with Gasteiger partial charge < -0.3 is 15.2 Å². The van der Waals surface area contributed by atoms with Gasteiger partial charge >= 0.3 is 5.97 Å². The highest BCUT2D eigenvalue weighted by Gasteiger charge is 2.48. The lowest BCUT2D eigenvalue weighted by Gasteiger charge is -2.37. The van der Waals surface area contributed by atoms with Crippen molar-refractivity contribution in [2.24, 2.45) is 5.41 Å². The lowest BCUT2D eigenvalue weighted by Crippen LogP contribution is -2.45. The van der Waals surface area contributed by atoms with Crippen LogP contribution in [0.1, 0.15) is 43.5 Å². The highest BCUT2D eigenvalue weighted by molar-refractivity contribution is 7.89. The summed E-state index contributed by atoms with van der Waals surface area (Å²) < 4.78 is 36.0. The third-order valence-electron chi connectivity index (χ3n) is 7.39. The smallest absolute Gasteiger partial charge is 0.326 e. The summed E-state index contributed by atoms with van der Waals surface area (Å²) in [6, 6.07) is 20.6. The number of sulfonamides is 1. The molecule has 228 valence electrons. The van der Waals surface area contributed by atoms with Gasteiger partial charge in [0.25, 0.3) is 0 Å². The van der Waals surface area contributed by atoms with Gasteiger partial charge in [0.05, 0.1) is 17.5 Å². The Balaban J connectivity index is 1.59. The first-order valence-corrected chi connectivity index (χ1v) is 15.8. The van der Waals surface area contributed by atoms with E-state index in [1.807, 2.05) is 32.9 Å². The monoisotopic (exact) mass is 624 g/mol. The van der Waals surface area contributed by atoms with Crippen molar-refractivity contribution in [1.29, 1.82) is 0 Å². The number of aliphatic carboxylic acids is 1. The highest BCUT2D eigenvalue weighted by Crippen LogP contribution is 2.46. The molecule has 0 fully saturated rings. The number of carboxylic acid groups (broad SMARTS) is 1. The van der Waals surface area contributed by atoms with E-state index >= 15 is 0 Å². The summed E-state index contributed by atoms with van der Waals surface area (Å²) in [5.74, 6) is -1.73. The van der Waals surface area contributed by atoms with Crippen LogP contribution < -0.4 is 5.32 Å². The Kier molecular flexibility index (Phi) is 10.1. The number of ether oxygens (including phenoxy) is 1. The van der Waals surface area contributed by atoms with Crippen molar-refractivity contribution in [2.75, 3.05) is 13.2 Å². The van der Waals surface area contributed by atoms with E-state index < -0.39 is 52.0 Å². The van der Waals surface area contributed by atoms with Gasteiger partial charge in [0.15, 0.2) is 0 Å². The molecule has 0 saturated heterocycles. The molecule has 0 aromatic heterocycles. The van der Waals surface area contributed by atoms with Crippen molar-refractivity contribution in [2.45, 2.75) is 57.1 Å². The molecule has 8 nitrogen and oxygen atoms in total. The van der Waals surface area contributed by atoms with Crippen molar-refractivity contribution in [3.63, 3.8) is 0 Å². The van der Waals surface area contributed by atoms with E-state index in [4.69, 9.17) is 16.3 Å². The molecule has 2 N–H and O–H groups in total. The molecule has 0 aliphatic carbocycles. The van der Waals surface area contributed by atoms with Gasteiger partial charge in [-0.1, -0.05) is 99.1 Å². The van der Waals surface area contributed by atoms with Crippen LogP contribution in [0.3, 0.4) is 0 Å². The lowest BCUT2D eigenvalue weighted by molar-refractivity contribution is -0.142. The normalized spacial score (nSPS) is 18.2. The number of amides is 1. The first-order chi connectivity index (χ1) is 20.3. The van der Waals surface area contributed by atoms with Gasteiger partial charge in [-0.05, 0) is 52.8 Å². The second-order valence-electron chi connectivity index (χ2n) is 11.7. The van der Waals surface area contributed by atoms with E-state index in [0.29, 0.717) is 21.7 Å². The maximum atomic E-state index is 14.3. The van der Waals surface area contributed by atoms with E-state index in [9.17, 15) is 23.1 Å². The second kappa shape index (κ2) is 13.4. The maximum absolute atomic E-state index is 14.3. The number of nitrogens with zero attached hydrogens (tertiary/aromatic N) is 1. The molecule has 10 heteroatoms. The van der Waals surface area contributed by atoms with Crippen LogP contribution in [0.2, 0.25) is 5.02 Å². The summed E-state index contributed by atoms with van der Waals surface area (Å²) >= 11 is 6.17. The van der Waals surface area contributed by atoms with Crippen molar-refractivity contribution < 1.29 is 27.9 Å². The van der Waals surface area contributed by atoms with E-state index in [1.54, 1.807) is 79.7 Å². The number of hydrogen-bond donors (Lipinski definition) is 2. The third-order valence-corrected chi connectivity index (χ3v) is 9.65. The molecular weight excluding hydrogens is 588 g/mol. The molecule has 1 aliphatic rings. The van der Waals surface area contributed by atoms with Gasteiger partial charge in [0.1, 0.15) is 12.6 Å². The zero-order valence-electron chi connectivity index (χ0n) is 24.7. The Bertz CT molecular complexity index is 1580. The molecule has 3 atom stereocenters. The van der Waals surface area contributed by atoms with E-state index in [2.05, 4.69) is 5.32 Å². The van der Waals surface area contributed by atoms with Crippen LogP contribution in [-0.2, 0) is 30.8 Å². The summed E-state index contributed by atoms with van der Waals surface area (Å²) in [4.78, 5) is 24.8. The maximum Gasteiger partial charge on any atom is 0.326 e. The third kappa shape index (κ3) is 7.72. The number of benzene rings is 3. The van der Waals surface area contributed by atoms with Gasteiger partial charge in [0.2, 0.25) is 15.9 Å². The van der Waals surface area contributed by atoms with Crippen LogP contribution in [0.5, 0.6) is 0 Å². The van der Waals surface area contributed by atoms with Crippen LogP contribution in [-0.4, -0.2) is 55.0 Å². The van der Waals surface area contributed by atoms with Crippen molar-refractivity contribution in [3.05, 3.63) is 112 Å². The molecule has 4 rings (SSSR count). The minimum Gasteiger partial charge on any atom is -0.480 e. The number of carbonyl (C=O) groups excluding carboxylic acids is 1. The average molecular weight is 625 g/mol. The molecule has 1 heterocycles. The van der Waals surface area contributed by atoms with Crippen molar-refractivity contribution in [3.8, 4) is 0 Å². The highest BCUT2D eigenvalue weighted by atomic mass is 35.5. The molecule has 0 spiro atoms. The molecule has 0 unspecified atom stereocenters. The molecule has 0 bridgehead atoms. The number of carbonyl (C=O) groups is 2. The fraction of sp³-hybridized carbons (Fsp3) is 0.333. The SMILES string of the molecule is Cc1ccccc1S(=O)(=O)N1[C@@H](c2ccc(Cl)cc2)C(COCC(=O)N[C@@H](Cc2ccccc2)C(=O)O)=C[C@H]1C(C)(C)C. The predicted octanol–water partition coefficient (Wildman–Crippen LogP) is 5.56. The van der Waals surface area contributed by atoms with Crippen molar-refractivity contribution in [1.82, 2.24) is 9.62 Å². The minimum atomic E-state index is -3.99. The minimum absolute atomic E-state index is 0.0382. The largest absolute Gasteiger partial charge is 0.480 e. The Morgan fingerprint density at radius 3 is 2.23 bits per heavy atom. The quantitative estimate of drug-likeness (QED) is 0.270. The fourth-order valence-corrected chi connectivity index (χ4v) is 7.54. The van der Waals surface area contributed by atoms with Crippen LogP contribution >= 0.6 is 11.6 Å². The zero-order valence-corrected chi connectivity index (χ0v) is 26.2. The van der Waals surface area contributed by atoms with Crippen LogP contribution in [0.15, 0.2) is 95.4 Å². The van der Waals surface area contributed by atoms with Gasteiger partial charge in [-0.3, -0.25) is 4.79 Å². The molecule has 1 amide bonds. The molecule has 0 radical (unpaired) electrons. The summed E-state index contributed by atoms with van der Waals surface area (Å²) in [6.45, 7) is 7.26. The number of carboxylic acids is 1. The predicted molar refractivity (Wildman–Crippen MR) is 166 cm³/mol. The number of halogens is 1. The average Bonchev–Trinajstić information content (AvgIpc) is 3.35. The van der Waals surface area contributed by atoms with Crippen LogP contribution in [0.4, 0.5) is 0 Å². The van der Waals surface area contributed by atoms with E-state index in [-0.39, 0.29) is 17.9 Å². The standard InChI is InChI=1S/C33H37ClN2O6S/c1-22-10-8-9-13-28(22)43(40,41)36-29(33(2,3)4)19-25(31(36)24-14-16-26(34)17-15-24)20-42-21-30(37)35-27(32(38)39)18-23-11-6-5-7-12-23/h5-17,19,27,29,31H,18,20-21H2,1-4H3,(H,35,37)(H,38,39)/t27-,29-,31-/m0/s1. The first-order valence-electron chi connectivity index (χ1n) is 14.0. The number of hydrogen-bond acceptors (Lipinski definition) is 5. The Labute approximate surface area is 258 Å². The van der Waals surface area contributed by atoms with E-state index in [1.165, 1.54) is 4.31 Å². The van der Waals surface area contributed by atoms with Crippen molar-refractivity contribution >= 4 is 33.5 Å². The molecule has 3 aromatic rings. The number of aryl methyl sites for hydroxylation is 1.